The topological polar surface area (TPSA) is 99.3 Å². The lowest BCUT2D eigenvalue weighted by Gasteiger charge is -2.62. The maximum absolute atomic E-state index is 13.6. The van der Waals surface area contributed by atoms with Crippen molar-refractivity contribution in [1.29, 1.82) is 0 Å². The lowest BCUT2D eigenvalue weighted by molar-refractivity contribution is -0.956. The van der Waals surface area contributed by atoms with Gasteiger partial charge < -0.3 is 29.8 Å². The van der Waals surface area contributed by atoms with Gasteiger partial charge in [-0.3, -0.25) is 9.38 Å². The van der Waals surface area contributed by atoms with Gasteiger partial charge in [-0.15, -0.1) is 0 Å². The first-order valence-electron chi connectivity index (χ1n) is 16.0. The van der Waals surface area contributed by atoms with Gasteiger partial charge in [0.05, 0.1) is 23.0 Å². The Labute approximate surface area is 275 Å². The third-order valence-electron chi connectivity index (χ3n) is 10.8. The highest BCUT2D eigenvalue weighted by atomic mass is 35.5. The lowest BCUT2D eigenvalue weighted by atomic mass is 9.82. The summed E-state index contributed by atoms with van der Waals surface area (Å²) in [6, 6.07) is 12.9. The number of hydrogen-bond donors (Lipinski definition) is 1. The smallest absolute Gasteiger partial charge is 0.322 e. The number of likely N-dealkylation sites (tertiary alicyclic amines) is 2. The monoisotopic (exact) mass is 656 g/mol. The number of amides is 3. The maximum Gasteiger partial charge on any atom is 0.322 e. The second-order valence-electron chi connectivity index (χ2n) is 13.1. The fourth-order valence-electron chi connectivity index (χ4n) is 8.30. The van der Waals surface area contributed by atoms with Crippen LogP contribution in [-0.4, -0.2) is 113 Å². The van der Waals surface area contributed by atoms with Crippen molar-refractivity contribution in [2.45, 2.75) is 62.9 Å². The summed E-state index contributed by atoms with van der Waals surface area (Å²) in [5, 5.41) is 17.3. The van der Waals surface area contributed by atoms with Crippen LogP contribution in [0.3, 0.4) is 0 Å². The molecular formula is C33H42Cl2N6O4. The van der Waals surface area contributed by atoms with Crippen molar-refractivity contribution in [3.63, 3.8) is 0 Å². The standard InChI is InChI=1S/C33H42Cl2N6O4/c1-37-12-8-26(9-13-37)38-14-16-39(17-15-38)33(11-19-42)21-27(40-22-25-4-2-3-5-30(25)36-31(40)43)10-18-41(33,32(44)45)23-24-6-7-28(34)29(35)20-24/h2-7,19-20,26-27H,8-18,21-23H2,1H3,(H-,36,43,44,45)/t27?,33?,41-/m0/s1. The van der Waals surface area contributed by atoms with E-state index in [1.165, 1.54) is 0 Å². The van der Waals surface area contributed by atoms with E-state index in [1.807, 2.05) is 29.2 Å². The molecular weight excluding hydrogens is 615 g/mol. The molecule has 0 spiro atoms. The third kappa shape index (κ3) is 6.08. The average molecular weight is 658 g/mol. The van der Waals surface area contributed by atoms with Crippen molar-refractivity contribution in [3.8, 4) is 0 Å². The van der Waals surface area contributed by atoms with Crippen LogP contribution in [0.5, 0.6) is 0 Å². The first-order valence-corrected chi connectivity index (χ1v) is 16.7. The summed E-state index contributed by atoms with van der Waals surface area (Å²) in [5.74, 6) is 0. The van der Waals surface area contributed by atoms with Crippen LogP contribution in [0.15, 0.2) is 42.5 Å². The van der Waals surface area contributed by atoms with E-state index in [4.69, 9.17) is 23.2 Å². The summed E-state index contributed by atoms with van der Waals surface area (Å²) in [6.45, 7) is 5.66. The Kier molecular flexibility index (Phi) is 9.43. The van der Waals surface area contributed by atoms with Crippen LogP contribution in [-0.2, 0) is 17.9 Å². The first-order chi connectivity index (χ1) is 21.7. The van der Waals surface area contributed by atoms with Gasteiger partial charge in [-0.2, -0.15) is 0 Å². The fraction of sp³-hybridized carbons (Fsp3) is 0.545. The first kappa shape index (κ1) is 32.2. The molecule has 3 fully saturated rings. The number of carbonyl (C=O) groups excluding carboxylic acids is 3. The number of urea groups is 1. The van der Waals surface area contributed by atoms with E-state index in [2.05, 4.69) is 27.1 Å². The fourth-order valence-corrected chi connectivity index (χ4v) is 8.62. The van der Waals surface area contributed by atoms with Crippen LogP contribution >= 0.6 is 23.2 Å². The number of nitrogens with zero attached hydrogens (tertiary/aromatic N) is 5. The van der Waals surface area contributed by atoms with Gasteiger partial charge >= 0.3 is 6.03 Å². The highest BCUT2D eigenvalue weighted by molar-refractivity contribution is 6.42. The minimum atomic E-state index is -1.23. The summed E-state index contributed by atoms with van der Waals surface area (Å²) in [6.07, 6.45) is 2.61. The number of piperidine rings is 2. The molecule has 242 valence electrons. The maximum atomic E-state index is 13.6. The molecule has 3 atom stereocenters. The Morgan fingerprint density at radius 2 is 1.76 bits per heavy atom. The zero-order valence-electron chi connectivity index (χ0n) is 25.8. The number of hydrogen-bond acceptors (Lipinski definition) is 7. The molecule has 45 heavy (non-hydrogen) atoms. The number of carbonyl (C=O) groups is 3. The zero-order chi connectivity index (χ0) is 31.8. The predicted octanol–water partition coefficient (Wildman–Crippen LogP) is 3.86. The molecule has 0 bridgehead atoms. The van der Waals surface area contributed by atoms with Gasteiger partial charge in [-0.1, -0.05) is 47.5 Å². The Morgan fingerprint density at radius 1 is 1.02 bits per heavy atom. The number of nitrogens with one attached hydrogen (secondary N) is 1. The highest BCUT2D eigenvalue weighted by Gasteiger charge is 2.61. The summed E-state index contributed by atoms with van der Waals surface area (Å²) in [4.78, 5) is 48.6. The molecule has 0 aromatic heterocycles. The van der Waals surface area contributed by atoms with Crippen molar-refractivity contribution in [2.75, 3.05) is 58.2 Å². The minimum Gasteiger partial charge on any atom is -0.498 e. The number of aldehydes is 1. The second kappa shape index (κ2) is 13.2. The van der Waals surface area contributed by atoms with Crippen LogP contribution in [0, 0.1) is 0 Å². The number of quaternary nitrogens is 1. The van der Waals surface area contributed by atoms with Gasteiger partial charge in [0.1, 0.15) is 12.8 Å². The Morgan fingerprint density at radius 3 is 2.44 bits per heavy atom. The van der Waals surface area contributed by atoms with E-state index in [0.29, 0.717) is 54.1 Å². The van der Waals surface area contributed by atoms with Gasteiger partial charge in [-0.25, -0.2) is 9.69 Å². The Bertz CT molecular complexity index is 1430. The van der Waals surface area contributed by atoms with E-state index in [1.54, 1.807) is 18.2 Å². The molecule has 4 aliphatic rings. The Hall–Kier alpha value is -2.73. The molecule has 2 aromatic carbocycles. The predicted molar refractivity (Wildman–Crippen MR) is 172 cm³/mol. The van der Waals surface area contributed by atoms with E-state index in [9.17, 15) is 19.5 Å². The lowest BCUT2D eigenvalue weighted by Crippen LogP contribution is -2.81. The van der Waals surface area contributed by atoms with Crippen LogP contribution in [0.2, 0.25) is 10.0 Å². The molecule has 4 heterocycles. The van der Waals surface area contributed by atoms with E-state index in [0.717, 1.165) is 56.6 Å². The summed E-state index contributed by atoms with van der Waals surface area (Å²) in [5.41, 5.74) is 1.37. The molecule has 2 unspecified atom stereocenters. The van der Waals surface area contributed by atoms with E-state index < -0.39 is 16.2 Å². The summed E-state index contributed by atoms with van der Waals surface area (Å²) < 4.78 is -0.444. The number of rotatable bonds is 7. The molecule has 10 nitrogen and oxygen atoms in total. The Balaban J connectivity index is 1.36. The van der Waals surface area contributed by atoms with Crippen molar-refractivity contribution in [2.24, 2.45) is 0 Å². The van der Waals surface area contributed by atoms with Gasteiger partial charge in [0.15, 0.2) is 5.66 Å². The quantitative estimate of drug-likeness (QED) is 0.357. The van der Waals surface area contributed by atoms with Gasteiger partial charge in [0.25, 0.3) is 6.09 Å². The number of para-hydroxylation sites is 1. The van der Waals surface area contributed by atoms with Gasteiger partial charge in [0, 0.05) is 68.9 Å². The second-order valence-corrected chi connectivity index (χ2v) is 14.0. The van der Waals surface area contributed by atoms with Crippen LogP contribution < -0.4 is 10.4 Å². The van der Waals surface area contributed by atoms with Gasteiger partial charge in [-0.05, 0) is 56.7 Å². The molecule has 4 aliphatic heterocycles. The molecule has 0 aliphatic carbocycles. The zero-order valence-corrected chi connectivity index (χ0v) is 27.3. The SMILES string of the molecule is CN1CCC(N2CCN(C3(CC=O)CC(N4Cc5ccccc5NC4=O)CC[N@+]3(Cc3ccc(Cl)c(Cl)c3)C(=O)[O-])CC2)CC1. The van der Waals surface area contributed by atoms with Crippen molar-refractivity contribution in [1.82, 2.24) is 19.6 Å². The van der Waals surface area contributed by atoms with Crippen molar-refractivity contribution < 1.29 is 24.0 Å². The van der Waals surface area contributed by atoms with E-state index in [-0.39, 0.29) is 31.6 Å². The molecule has 3 amide bonds. The number of fused-ring (bicyclic) bond motifs is 1. The van der Waals surface area contributed by atoms with Crippen molar-refractivity contribution >= 4 is 47.3 Å². The highest BCUT2D eigenvalue weighted by Crippen LogP contribution is 2.45. The van der Waals surface area contributed by atoms with Gasteiger partial charge in [0.2, 0.25) is 0 Å². The number of halogens is 2. The molecule has 0 radical (unpaired) electrons. The van der Waals surface area contributed by atoms with Crippen LogP contribution in [0.25, 0.3) is 0 Å². The summed E-state index contributed by atoms with van der Waals surface area (Å²) in [7, 11) is 2.16. The normalized spacial score (nSPS) is 28.8. The molecule has 6 rings (SSSR count). The summed E-state index contributed by atoms with van der Waals surface area (Å²) >= 11 is 12.6. The molecule has 0 saturated carbocycles. The minimum absolute atomic E-state index is 0.000921. The molecule has 12 heteroatoms. The van der Waals surface area contributed by atoms with Crippen LogP contribution in [0.1, 0.15) is 43.2 Å². The molecule has 2 aromatic rings. The molecule has 3 saturated heterocycles. The third-order valence-corrected chi connectivity index (χ3v) is 11.5. The number of anilines is 1. The number of benzene rings is 2. The molecule has 1 N–H and O–H groups in total. The van der Waals surface area contributed by atoms with Crippen molar-refractivity contribution in [3.05, 3.63) is 63.6 Å². The average Bonchev–Trinajstić information content (AvgIpc) is 3.04. The largest absolute Gasteiger partial charge is 0.498 e. The van der Waals surface area contributed by atoms with E-state index >= 15 is 0 Å². The van der Waals surface area contributed by atoms with Crippen LogP contribution in [0.4, 0.5) is 15.3 Å². The number of carboxylic acid groups (broad SMARTS) is 1. The number of piperazine rings is 1.